The fourth-order valence-electron chi connectivity index (χ4n) is 1.87. The number of amides is 2. The van der Waals surface area contributed by atoms with Gasteiger partial charge in [0.1, 0.15) is 5.75 Å². The number of nitrogens with zero attached hydrogens (tertiary/aromatic N) is 1. The Morgan fingerprint density at radius 3 is 2.62 bits per heavy atom. The van der Waals surface area contributed by atoms with E-state index in [2.05, 4.69) is 22.5 Å². The average Bonchev–Trinajstić information content (AvgIpc) is 2.98. The first-order valence-electron chi connectivity index (χ1n) is 7.81. The molecule has 0 bridgehead atoms. The number of carbonyl (C=O) groups excluding carboxylic acids is 2. The van der Waals surface area contributed by atoms with Crippen LogP contribution >= 0.6 is 11.3 Å². The Morgan fingerprint density at radius 2 is 2.00 bits per heavy atom. The number of benzene rings is 1. The summed E-state index contributed by atoms with van der Waals surface area (Å²) in [6.45, 7) is 4.51. The first-order chi connectivity index (χ1) is 11.6. The first kappa shape index (κ1) is 17.9. The van der Waals surface area contributed by atoms with Crippen LogP contribution in [0.2, 0.25) is 0 Å². The molecule has 1 aromatic carbocycles. The lowest BCUT2D eigenvalue weighted by Crippen LogP contribution is -2.32. The summed E-state index contributed by atoms with van der Waals surface area (Å²) < 4.78 is 5.55. The van der Waals surface area contributed by atoms with E-state index in [1.807, 2.05) is 12.3 Å². The predicted molar refractivity (Wildman–Crippen MR) is 94.7 cm³/mol. The fourth-order valence-corrected chi connectivity index (χ4v) is 2.58. The topological polar surface area (TPSA) is 80.3 Å². The van der Waals surface area contributed by atoms with Crippen molar-refractivity contribution in [1.29, 1.82) is 0 Å². The molecule has 24 heavy (non-hydrogen) atoms. The van der Waals surface area contributed by atoms with Crippen molar-refractivity contribution >= 4 is 28.3 Å². The summed E-state index contributed by atoms with van der Waals surface area (Å²) in [7, 11) is 0. The van der Waals surface area contributed by atoms with E-state index in [1.165, 1.54) is 11.3 Å². The molecule has 1 heterocycles. The first-order valence-corrected chi connectivity index (χ1v) is 8.69. The quantitative estimate of drug-likeness (QED) is 0.720. The molecule has 0 saturated carbocycles. The Kier molecular flexibility index (Phi) is 6.74. The average molecular weight is 347 g/mol. The van der Waals surface area contributed by atoms with E-state index in [0.29, 0.717) is 17.3 Å². The molecule has 0 spiro atoms. The zero-order valence-electron chi connectivity index (χ0n) is 13.8. The Balaban J connectivity index is 1.78. The van der Waals surface area contributed by atoms with Gasteiger partial charge in [-0.2, -0.15) is 0 Å². The van der Waals surface area contributed by atoms with Gasteiger partial charge in [0.2, 0.25) is 5.91 Å². The predicted octanol–water partition coefficient (Wildman–Crippen LogP) is 3.00. The van der Waals surface area contributed by atoms with Crippen LogP contribution in [-0.4, -0.2) is 29.9 Å². The molecule has 0 unspecified atom stereocenters. The summed E-state index contributed by atoms with van der Waals surface area (Å²) in [5, 5.41) is 7.60. The van der Waals surface area contributed by atoms with Crippen molar-refractivity contribution in [2.45, 2.75) is 26.7 Å². The highest BCUT2D eigenvalue weighted by atomic mass is 32.1. The van der Waals surface area contributed by atoms with Crippen molar-refractivity contribution in [1.82, 2.24) is 10.3 Å². The molecule has 0 atom stereocenters. The zero-order chi connectivity index (χ0) is 17.4. The van der Waals surface area contributed by atoms with Crippen molar-refractivity contribution in [2.24, 2.45) is 0 Å². The molecule has 2 N–H and O–H groups in total. The van der Waals surface area contributed by atoms with E-state index in [1.54, 1.807) is 24.3 Å². The van der Waals surface area contributed by atoms with Crippen LogP contribution in [0.15, 0.2) is 29.6 Å². The summed E-state index contributed by atoms with van der Waals surface area (Å²) in [6.07, 6.45) is 2.07. The van der Waals surface area contributed by atoms with Crippen molar-refractivity contribution in [3.63, 3.8) is 0 Å². The van der Waals surface area contributed by atoms with Crippen LogP contribution in [0.1, 0.15) is 35.8 Å². The standard InChI is InChI=1S/C17H21N3O3S/c1-3-4-9-23-14-7-5-13(6-8-14)16(22)18-10-15(21)20-17-19-12(2)11-24-17/h5-8,11H,3-4,9-10H2,1-2H3,(H,18,22)(H,19,20,21). The van der Waals surface area contributed by atoms with Crippen molar-refractivity contribution in [3.8, 4) is 5.75 Å². The van der Waals surface area contributed by atoms with Gasteiger partial charge in [0.15, 0.2) is 5.13 Å². The number of hydrogen-bond donors (Lipinski definition) is 2. The van der Waals surface area contributed by atoms with Crippen LogP contribution < -0.4 is 15.4 Å². The van der Waals surface area contributed by atoms with E-state index in [4.69, 9.17) is 4.74 Å². The molecule has 128 valence electrons. The smallest absolute Gasteiger partial charge is 0.251 e. The molecule has 0 fully saturated rings. The minimum atomic E-state index is -0.308. The van der Waals surface area contributed by atoms with Gasteiger partial charge in [-0.25, -0.2) is 4.98 Å². The van der Waals surface area contributed by atoms with E-state index in [0.717, 1.165) is 24.3 Å². The number of aromatic nitrogens is 1. The molecule has 2 rings (SSSR count). The monoisotopic (exact) mass is 347 g/mol. The van der Waals surface area contributed by atoms with Crippen LogP contribution in [0.3, 0.4) is 0 Å². The van der Waals surface area contributed by atoms with Gasteiger partial charge >= 0.3 is 0 Å². The van der Waals surface area contributed by atoms with Crippen molar-refractivity contribution in [3.05, 3.63) is 40.9 Å². The van der Waals surface area contributed by atoms with Crippen LogP contribution in [0, 0.1) is 6.92 Å². The highest BCUT2D eigenvalue weighted by molar-refractivity contribution is 7.13. The van der Waals surface area contributed by atoms with E-state index in [-0.39, 0.29) is 18.4 Å². The van der Waals surface area contributed by atoms with Gasteiger partial charge in [-0.05, 0) is 37.6 Å². The van der Waals surface area contributed by atoms with Gasteiger partial charge in [0.25, 0.3) is 5.91 Å². The molecule has 0 radical (unpaired) electrons. The number of rotatable bonds is 8. The highest BCUT2D eigenvalue weighted by Crippen LogP contribution is 2.14. The molecular weight excluding hydrogens is 326 g/mol. The number of aryl methyl sites for hydroxylation is 1. The molecular formula is C17H21N3O3S. The third-order valence-corrected chi connectivity index (χ3v) is 4.03. The SMILES string of the molecule is CCCCOc1ccc(C(=O)NCC(=O)Nc2nc(C)cs2)cc1. The van der Waals surface area contributed by atoms with Gasteiger partial charge in [-0.3, -0.25) is 9.59 Å². The number of carbonyl (C=O) groups is 2. The molecule has 6 nitrogen and oxygen atoms in total. The lowest BCUT2D eigenvalue weighted by atomic mass is 10.2. The van der Waals surface area contributed by atoms with Crippen LogP contribution in [0.5, 0.6) is 5.75 Å². The third kappa shape index (κ3) is 5.66. The van der Waals surface area contributed by atoms with Crippen LogP contribution in [0.4, 0.5) is 5.13 Å². The summed E-state index contributed by atoms with van der Waals surface area (Å²) in [4.78, 5) is 27.9. The second-order valence-corrected chi connectivity index (χ2v) is 6.11. The minimum absolute atomic E-state index is 0.105. The van der Waals surface area contributed by atoms with Gasteiger partial charge in [-0.1, -0.05) is 13.3 Å². The number of anilines is 1. The summed E-state index contributed by atoms with van der Waals surface area (Å²) >= 11 is 1.35. The molecule has 0 aliphatic heterocycles. The number of ether oxygens (including phenoxy) is 1. The third-order valence-electron chi connectivity index (χ3n) is 3.16. The Morgan fingerprint density at radius 1 is 1.25 bits per heavy atom. The number of unbranched alkanes of at least 4 members (excludes halogenated alkanes) is 1. The zero-order valence-corrected chi connectivity index (χ0v) is 14.6. The molecule has 2 amide bonds. The number of thiazole rings is 1. The number of nitrogens with one attached hydrogen (secondary N) is 2. The fraction of sp³-hybridized carbons (Fsp3) is 0.353. The molecule has 0 aliphatic carbocycles. The molecule has 0 aliphatic rings. The maximum atomic E-state index is 12.0. The van der Waals surface area contributed by atoms with Gasteiger partial charge < -0.3 is 15.4 Å². The lowest BCUT2D eigenvalue weighted by molar-refractivity contribution is -0.115. The van der Waals surface area contributed by atoms with E-state index < -0.39 is 0 Å². The Bertz CT molecular complexity index is 683. The Labute approximate surface area is 145 Å². The van der Waals surface area contributed by atoms with E-state index >= 15 is 0 Å². The molecule has 1 aromatic heterocycles. The highest BCUT2D eigenvalue weighted by Gasteiger charge is 2.09. The minimum Gasteiger partial charge on any atom is -0.494 e. The van der Waals surface area contributed by atoms with Crippen molar-refractivity contribution in [2.75, 3.05) is 18.5 Å². The largest absolute Gasteiger partial charge is 0.494 e. The number of hydrogen-bond acceptors (Lipinski definition) is 5. The van der Waals surface area contributed by atoms with Crippen LogP contribution in [-0.2, 0) is 4.79 Å². The second-order valence-electron chi connectivity index (χ2n) is 5.25. The second kappa shape index (κ2) is 9.02. The lowest BCUT2D eigenvalue weighted by Gasteiger charge is -2.07. The Hall–Kier alpha value is -2.41. The van der Waals surface area contributed by atoms with Crippen molar-refractivity contribution < 1.29 is 14.3 Å². The molecule has 0 saturated heterocycles. The van der Waals surface area contributed by atoms with E-state index in [9.17, 15) is 9.59 Å². The van der Waals surface area contributed by atoms with Gasteiger partial charge in [0, 0.05) is 10.9 Å². The summed E-state index contributed by atoms with van der Waals surface area (Å²) in [5.74, 6) is 0.120. The van der Waals surface area contributed by atoms with Gasteiger partial charge in [0.05, 0.1) is 18.8 Å². The van der Waals surface area contributed by atoms with Gasteiger partial charge in [-0.15, -0.1) is 11.3 Å². The van der Waals surface area contributed by atoms with Crippen LogP contribution in [0.25, 0.3) is 0 Å². The summed E-state index contributed by atoms with van der Waals surface area (Å²) in [5.41, 5.74) is 1.33. The maximum Gasteiger partial charge on any atom is 0.251 e. The molecule has 2 aromatic rings. The summed E-state index contributed by atoms with van der Waals surface area (Å²) in [6, 6.07) is 6.86. The molecule has 7 heteroatoms. The maximum absolute atomic E-state index is 12.0. The normalized spacial score (nSPS) is 10.2.